The van der Waals surface area contributed by atoms with Gasteiger partial charge in [0, 0.05) is 6.61 Å². The minimum absolute atomic E-state index is 0.0891. The normalized spacial score (nSPS) is 23.5. The Morgan fingerprint density at radius 3 is 2.61 bits per heavy atom. The Balaban J connectivity index is 2.04. The second kappa shape index (κ2) is 8.13. The van der Waals surface area contributed by atoms with Crippen molar-refractivity contribution in [3.05, 3.63) is 0 Å². The van der Waals surface area contributed by atoms with Crippen molar-refractivity contribution in [3.8, 4) is 0 Å². The summed E-state index contributed by atoms with van der Waals surface area (Å²) in [6, 6.07) is 0. The Morgan fingerprint density at radius 2 is 2.00 bits per heavy atom. The lowest BCUT2D eigenvalue weighted by atomic mass is 9.88. The standard InChI is InChI=1S/C15H32N2O/c1-5-17(6-2)10-7-9-16-13-14-8-11-18-15(3,4)12-14/h14,16H,5-13H2,1-4H3/t14-/m1/s1. The van der Waals surface area contributed by atoms with E-state index in [4.69, 9.17) is 4.74 Å². The molecule has 1 atom stereocenters. The summed E-state index contributed by atoms with van der Waals surface area (Å²) in [5.74, 6) is 0.794. The third-order valence-electron chi connectivity index (χ3n) is 3.95. The summed E-state index contributed by atoms with van der Waals surface area (Å²) in [5.41, 5.74) is 0.0891. The monoisotopic (exact) mass is 256 g/mol. The van der Waals surface area contributed by atoms with Crippen molar-refractivity contribution >= 4 is 0 Å². The zero-order valence-corrected chi connectivity index (χ0v) is 12.8. The molecule has 1 rings (SSSR count). The second-order valence-corrected chi connectivity index (χ2v) is 6.05. The van der Waals surface area contributed by atoms with Crippen molar-refractivity contribution in [2.24, 2.45) is 5.92 Å². The van der Waals surface area contributed by atoms with Crippen LogP contribution in [-0.2, 0) is 4.74 Å². The predicted molar refractivity (Wildman–Crippen MR) is 78.0 cm³/mol. The van der Waals surface area contributed by atoms with Gasteiger partial charge in [0.1, 0.15) is 0 Å². The zero-order valence-electron chi connectivity index (χ0n) is 12.8. The SMILES string of the molecule is CCN(CC)CCCNC[C@@H]1CCOC(C)(C)C1. The van der Waals surface area contributed by atoms with Crippen molar-refractivity contribution in [3.63, 3.8) is 0 Å². The predicted octanol–water partition coefficient (Wildman–Crippen LogP) is 2.51. The van der Waals surface area contributed by atoms with Crippen molar-refractivity contribution in [1.29, 1.82) is 0 Å². The highest BCUT2D eigenvalue weighted by atomic mass is 16.5. The summed E-state index contributed by atoms with van der Waals surface area (Å²) in [7, 11) is 0. The molecule has 108 valence electrons. The molecular weight excluding hydrogens is 224 g/mol. The van der Waals surface area contributed by atoms with Crippen LogP contribution in [-0.4, -0.2) is 49.8 Å². The lowest BCUT2D eigenvalue weighted by molar-refractivity contribution is -0.0718. The maximum atomic E-state index is 5.75. The molecule has 1 aliphatic rings. The van der Waals surface area contributed by atoms with Crippen LogP contribution in [0.25, 0.3) is 0 Å². The van der Waals surface area contributed by atoms with Crippen LogP contribution in [0.1, 0.15) is 47.0 Å². The van der Waals surface area contributed by atoms with Gasteiger partial charge >= 0.3 is 0 Å². The fourth-order valence-corrected chi connectivity index (χ4v) is 2.81. The summed E-state index contributed by atoms with van der Waals surface area (Å²) in [6.07, 6.45) is 3.66. The first kappa shape index (κ1) is 15.9. The Hall–Kier alpha value is -0.120. The number of rotatable bonds is 8. The number of nitrogens with one attached hydrogen (secondary N) is 1. The molecule has 0 unspecified atom stereocenters. The van der Waals surface area contributed by atoms with Crippen molar-refractivity contribution in [1.82, 2.24) is 10.2 Å². The average Bonchev–Trinajstić information content (AvgIpc) is 2.32. The van der Waals surface area contributed by atoms with E-state index in [1.807, 2.05) is 0 Å². The van der Waals surface area contributed by atoms with Crippen molar-refractivity contribution in [2.75, 3.05) is 39.3 Å². The minimum atomic E-state index is 0.0891. The summed E-state index contributed by atoms with van der Waals surface area (Å²) < 4.78 is 5.75. The van der Waals surface area contributed by atoms with Crippen LogP contribution < -0.4 is 5.32 Å². The first-order chi connectivity index (χ1) is 8.57. The third-order valence-corrected chi connectivity index (χ3v) is 3.95. The molecule has 3 nitrogen and oxygen atoms in total. The van der Waals surface area contributed by atoms with Gasteiger partial charge in [0.2, 0.25) is 0 Å². The molecule has 0 radical (unpaired) electrons. The lowest BCUT2D eigenvalue weighted by Gasteiger charge is -2.35. The largest absolute Gasteiger partial charge is 0.376 e. The van der Waals surface area contributed by atoms with Gasteiger partial charge in [-0.1, -0.05) is 13.8 Å². The highest BCUT2D eigenvalue weighted by molar-refractivity contribution is 4.79. The average molecular weight is 256 g/mol. The molecule has 0 saturated carbocycles. The fourth-order valence-electron chi connectivity index (χ4n) is 2.81. The first-order valence-electron chi connectivity index (χ1n) is 7.64. The van der Waals surface area contributed by atoms with E-state index in [1.165, 1.54) is 38.9 Å². The van der Waals surface area contributed by atoms with Crippen LogP contribution in [0.15, 0.2) is 0 Å². The molecule has 1 aliphatic heterocycles. The van der Waals surface area contributed by atoms with E-state index < -0.39 is 0 Å². The minimum Gasteiger partial charge on any atom is -0.376 e. The molecule has 1 N–H and O–H groups in total. The van der Waals surface area contributed by atoms with Gasteiger partial charge in [0.15, 0.2) is 0 Å². The molecule has 0 aromatic heterocycles. The van der Waals surface area contributed by atoms with Crippen molar-refractivity contribution in [2.45, 2.75) is 52.6 Å². The van der Waals surface area contributed by atoms with E-state index >= 15 is 0 Å². The van der Waals surface area contributed by atoms with Gasteiger partial charge in [-0.2, -0.15) is 0 Å². The molecule has 18 heavy (non-hydrogen) atoms. The molecule has 1 fully saturated rings. The van der Waals surface area contributed by atoms with E-state index in [-0.39, 0.29) is 5.60 Å². The summed E-state index contributed by atoms with van der Waals surface area (Å²) in [4.78, 5) is 2.49. The maximum Gasteiger partial charge on any atom is 0.0629 e. The molecule has 0 aliphatic carbocycles. The number of ether oxygens (including phenoxy) is 1. The van der Waals surface area contributed by atoms with E-state index in [0.29, 0.717) is 0 Å². The van der Waals surface area contributed by atoms with Crippen LogP contribution in [0.3, 0.4) is 0 Å². The van der Waals surface area contributed by atoms with Crippen LogP contribution >= 0.6 is 0 Å². The molecular formula is C15H32N2O. The molecule has 3 heteroatoms. The third kappa shape index (κ3) is 6.17. The first-order valence-corrected chi connectivity index (χ1v) is 7.64. The quantitative estimate of drug-likeness (QED) is 0.675. The molecule has 1 saturated heterocycles. The lowest BCUT2D eigenvalue weighted by Crippen LogP contribution is -2.38. The smallest absolute Gasteiger partial charge is 0.0629 e. The van der Waals surface area contributed by atoms with Crippen LogP contribution in [0.4, 0.5) is 0 Å². The Morgan fingerprint density at radius 1 is 1.28 bits per heavy atom. The molecule has 0 amide bonds. The summed E-state index contributed by atoms with van der Waals surface area (Å²) >= 11 is 0. The molecule has 0 bridgehead atoms. The molecule has 1 heterocycles. The molecule has 0 spiro atoms. The zero-order chi connectivity index (χ0) is 13.4. The highest BCUT2D eigenvalue weighted by Crippen LogP contribution is 2.27. The summed E-state index contributed by atoms with van der Waals surface area (Å²) in [5, 5.41) is 3.61. The van der Waals surface area contributed by atoms with Crippen LogP contribution in [0.2, 0.25) is 0 Å². The highest BCUT2D eigenvalue weighted by Gasteiger charge is 2.28. The number of hydrogen-bond acceptors (Lipinski definition) is 3. The fraction of sp³-hybridized carbons (Fsp3) is 1.00. The molecule has 0 aromatic rings. The van der Waals surface area contributed by atoms with Gasteiger partial charge in [-0.3, -0.25) is 0 Å². The number of hydrogen-bond donors (Lipinski definition) is 1. The van der Waals surface area contributed by atoms with Gasteiger partial charge in [-0.25, -0.2) is 0 Å². The second-order valence-electron chi connectivity index (χ2n) is 6.05. The maximum absolute atomic E-state index is 5.75. The van der Waals surface area contributed by atoms with E-state index in [1.54, 1.807) is 0 Å². The Kier molecular flexibility index (Phi) is 7.20. The number of nitrogens with zero attached hydrogens (tertiary/aromatic N) is 1. The van der Waals surface area contributed by atoms with Crippen molar-refractivity contribution < 1.29 is 4.74 Å². The van der Waals surface area contributed by atoms with Gasteiger partial charge in [0.05, 0.1) is 5.60 Å². The van der Waals surface area contributed by atoms with E-state index in [0.717, 1.165) is 25.6 Å². The summed E-state index contributed by atoms with van der Waals surface area (Å²) in [6.45, 7) is 15.7. The van der Waals surface area contributed by atoms with Gasteiger partial charge in [0.25, 0.3) is 0 Å². The topological polar surface area (TPSA) is 24.5 Å². The Labute approximate surface area is 113 Å². The molecule has 0 aromatic carbocycles. The van der Waals surface area contributed by atoms with Gasteiger partial charge in [-0.05, 0) is 71.8 Å². The van der Waals surface area contributed by atoms with E-state index in [2.05, 4.69) is 37.9 Å². The Bertz CT molecular complexity index is 215. The van der Waals surface area contributed by atoms with E-state index in [9.17, 15) is 0 Å². The van der Waals surface area contributed by atoms with Crippen LogP contribution in [0, 0.1) is 5.92 Å². The van der Waals surface area contributed by atoms with Crippen LogP contribution in [0.5, 0.6) is 0 Å². The van der Waals surface area contributed by atoms with Gasteiger partial charge in [-0.15, -0.1) is 0 Å². The van der Waals surface area contributed by atoms with Gasteiger partial charge < -0.3 is 15.0 Å².